The molecule has 0 fully saturated rings. The van der Waals surface area contributed by atoms with Crippen LogP contribution in [0.15, 0.2) is 54.7 Å². The predicted molar refractivity (Wildman–Crippen MR) is 77.4 cm³/mol. The molecule has 0 radical (unpaired) electrons. The van der Waals surface area contributed by atoms with Gasteiger partial charge in [-0.2, -0.15) is 0 Å². The maximum absolute atomic E-state index is 5.94. The lowest BCUT2D eigenvalue weighted by Gasteiger charge is -2.08. The van der Waals surface area contributed by atoms with E-state index in [1.165, 1.54) is 5.56 Å². The van der Waals surface area contributed by atoms with Crippen LogP contribution in [-0.4, -0.2) is 4.98 Å². The number of aryl methyl sites for hydroxylation is 1. The maximum atomic E-state index is 5.94. The summed E-state index contributed by atoms with van der Waals surface area (Å²) in [5.74, 6) is 1.57. The molecule has 3 heteroatoms. The van der Waals surface area contributed by atoms with Crippen molar-refractivity contribution in [3.63, 3.8) is 0 Å². The molecule has 0 aliphatic heterocycles. The first-order valence-electron chi connectivity index (χ1n) is 6.11. The maximum Gasteiger partial charge on any atom is 0.128 e. The number of rotatable bonds is 2. The Bertz CT molecular complexity index is 720. The molecule has 0 aliphatic rings. The number of anilines is 1. The summed E-state index contributed by atoms with van der Waals surface area (Å²) in [6, 6.07) is 15.5. The lowest BCUT2D eigenvalue weighted by Crippen LogP contribution is -1.90. The highest BCUT2D eigenvalue weighted by atomic mass is 16.5. The summed E-state index contributed by atoms with van der Waals surface area (Å²) in [6.45, 7) is 2.05. The molecule has 0 amide bonds. The first-order chi connectivity index (χ1) is 9.22. The Morgan fingerprint density at radius 3 is 2.47 bits per heavy atom. The fourth-order valence-corrected chi connectivity index (χ4v) is 1.95. The molecule has 1 aromatic heterocycles. The lowest BCUT2D eigenvalue weighted by molar-refractivity contribution is 0.483. The molecular weight excluding hydrogens is 236 g/mol. The number of ether oxygens (including phenoxy) is 1. The second-order valence-corrected chi connectivity index (χ2v) is 4.49. The molecule has 3 aromatic rings. The van der Waals surface area contributed by atoms with E-state index >= 15 is 0 Å². The van der Waals surface area contributed by atoms with Gasteiger partial charge in [-0.05, 0) is 43.3 Å². The largest absolute Gasteiger partial charge is 0.457 e. The van der Waals surface area contributed by atoms with Crippen LogP contribution in [0.25, 0.3) is 10.9 Å². The molecule has 0 unspecified atom stereocenters. The average Bonchev–Trinajstić information content (AvgIpc) is 2.42. The molecule has 1 heterocycles. The first-order valence-corrected chi connectivity index (χ1v) is 6.11. The fourth-order valence-electron chi connectivity index (χ4n) is 1.95. The summed E-state index contributed by atoms with van der Waals surface area (Å²) in [7, 11) is 0. The Morgan fingerprint density at radius 1 is 0.947 bits per heavy atom. The van der Waals surface area contributed by atoms with Crippen LogP contribution in [0.4, 0.5) is 5.69 Å². The Hall–Kier alpha value is -2.55. The van der Waals surface area contributed by atoms with Crippen molar-refractivity contribution >= 4 is 16.6 Å². The van der Waals surface area contributed by atoms with E-state index in [1.807, 2.05) is 49.4 Å². The minimum atomic E-state index is 0.708. The zero-order valence-corrected chi connectivity index (χ0v) is 10.6. The van der Waals surface area contributed by atoms with Gasteiger partial charge in [0.25, 0.3) is 0 Å². The number of fused-ring (bicyclic) bond motifs is 1. The Kier molecular flexibility index (Phi) is 2.80. The number of aromatic nitrogens is 1. The number of nitrogens with zero attached hydrogens (tertiary/aromatic N) is 1. The van der Waals surface area contributed by atoms with Crippen molar-refractivity contribution in [2.75, 3.05) is 5.73 Å². The van der Waals surface area contributed by atoms with Gasteiger partial charge in [0.05, 0.1) is 5.52 Å². The summed E-state index contributed by atoms with van der Waals surface area (Å²) in [5.41, 5.74) is 8.73. The van der Waals surface area contributed by atoms with Crippen LogP contribution in [0.1, 0.15) is 5.56 Å². The number of nitrogens with two attached hydrogens (primary N) is 1. The molecule has 0 aliphatic carbocycles. The van der Waals surface area contributed by atoms with Crippen molar-refractivity contribution in [2.24, 2.45) is 0 Å². The second kappa shape index (κ2) is 4.61. The van der Waals surface area contributed by atoms with Gasteiger partial charge in [-0.15, -0.1) is 0 Å². The van der Waals surface area contributed by atoms with Crippen LogP contribution in [0.2, 0.25) is 0 Å². The summed E-state index contributed by atoms with van der Waals surface area (Å²) in [5, 5.41) is 0.909. The zero-order chi connectivity index (χ0) is 13.2. The molecule has 0 atom stereocenters. The van der Waals surface area contributed by atoms with Crippen LogP contribution < -0.4 is 10.5 Å². The van der Waals surface area contributed by atoms with E-state index in [2.05, 4.69) is 4.98 Å². The van der Waals surface area contributed by atoms with Gasteiger partial charge < -0.3 is 10.5 Å². The zero-order valence-electron chi connectivity index (χ0n) is 10.6. The highest BCUT2D eigenvalue weighted by molar-refractivity contribution is 5.90. The molecule has 0 bridgehead atoms. The smallest absolute Gasteiger partial charge is 0.128 e. The summed E-state index contributed by atoms with van der Waals surface area (Å²) in [4.78, 5) is 4.27. The van der Waals surface area contributed by atoms with Gasteiger partial charge in [-0.3, -0.25) is 4.98 Å². The summed E-state index contributed by atoms with van der Waals surface area (Å²) in [6.07, 6.45) is 1.71. The van der Waals surface area contributed by atoms with Crippen molar-refractivity contribution < 1.29 is 4.74 Å². The summed E-state index contributed by atoms with van der Waals surface area (Å²) < 4.78 is 5.81. The molecule has 3 nitrogen and oxygen atoms in total. The molecule has 0 saturated heterocycles. The summed E-state index contributed by atoms with van der Waals surface area (Å²) >= 11 is 0. The van der Waals surface area contributed by atoms with Gasteiger partial charge in [0.2, 0.25) is 0 Å². The second-order valence-electron chi connectivity index (χ2n) is 4.49. The van der Waals surface area contributed by atoms with Crippen LogP contribution in [-0.2, 0) is 0 Å². The van der Waals surface area contributed by atoms with E-state index in [-0.39, 0.29) is 0 Å². The minimum Gasteiger partial charge on any atom is -0.457 e. The van der Waals surface area contributed by atoms with Gasteiger partial charge in [0.1, 0.15) is 11.5 Å². The van der Waals surface area contributed by atoms with Crippen molar-refractivity contribution in [2.45, 2.75) is 6.92 Å². The van der Waals surface area contributed by atoms with E-state index in [4.69, 9.17) is 10.5 Å². The predicted octanol–water partition coefficient (Wildman–Crippen LogP) is 3.92. The highest BCUT2D eigenvalue weighted by Crippen LogP contribution is 2.27. The van der Waals surface area contributed by atoms with E-state index in [0.717, 1.165) is 22.4 Å². The van der Waals surface area contributed by atoms with Crippen LogP contribution in [0.3, 0.4) is 0 Å². The van der Waals surface area contributed by atoms with E-state index in [0.29, 0.717) is 5.69 Å². The standard InChI is InChI=1S/C16H14N2O/c1-11-2-4-12(5-3-11)19-13-6-7-16-14(10-13)15(17)8-9-18-16/h2-10H,1H3,(H2,17,18). The highest BCUT2D eigenvalue weighted by Gasteiger charge is 2.02. The van der Waals surface area contributed by atoms with Crippen molar-refractivity contribution in [3.05, 3.63) is 60.3 Å². The molecular formula is C16H14N2O. The van der Waals surface area contributed by atoms with E-state index < -0.39 is 0 Å². The number of hydrogen-bond acceptors (Lipinski definition) is 3. The number of benzene rings is 2. The first kappa shape index (κ1) is 11.5. The lowest BCUT2D eigenvalue weighted by atomic mass is 10.2. The van der Waals surface area contributed by atoms with Gasteiger partial charge in [0, 0.05) is 17.3 Å². The van der Waals surface area contributed by atoms with E-state index in [9.17, 15) is 0 Å². The monoisotopic (exact) mass is 250 g/mol. The topological polar surface area (TPSA) is 48.1 Å². The molecule has 0 saturated carbocycles. The third-order valence-electron chi connectivity index (χ3n) is 3.00. The molecule has 0 spiro atoms. The molecule has 3 rings (SSSR count). The van der Waals surface area contributed by atoms with Gasteiger partial charge >= 0.3 is 0 Å². The number of pyridine rings is 1. The van der Waals surface area contributed by atoms with Crippen LogP contribution in [0.5, 0.6) is 11.5 Å². The Balaban J connectivity index is 1.97. The van der Waals surface area contributed by atoms with Crippen molar-refractivity contribution in [1.82, 2.24) is 4.98 Å². The number of nitrogen functional groups attached to an aromatic ring is 1. The fraction of sp³-hybridized carbons (Fsp3) is 0.0625. The Labute approximate surface area is 111 Å². The van der Waals surface area contributed by atoms with Crippen LogP contribution in [0, 0.1) is 6.92 Å². The normalized spacial score (nSPS) is 10.6. The molecule has 2 N–H and O–H groups in total. The SMILES string of the molecule is Cc1ccc(Oc2ccc3nccc(N)c3c2)cc1. The molecule has 19 heavy (non-hydrogen) atoms. The molecule has 94 valence electrons. The van der Waals surface area contributed by atoms with Crippen LogP contribution >= 0.6 is 0 Å². The van der Waals surface area contributed by atoms with Crippen molar-refractivity contribution in [1.29, 1.82) is 0 Å². The third-order valence-corrected chi connectivity index (χ3v) is 3.00. The van der Waals surface area contributed by atoms with Gasteiger partial charge in [-0.25, -0.2) is 0 Å². The average molecular weight is 250 g/mol. The number of hydrogen-bond donors (Lipinski definition) is 1. The third kappa shape index (κ3) is 2.36. The van der Waals surface area contributed by atoms with E-state index in [1.54, 1.807) is 12.3 Å². The van der Waals surface area contributed by atoms with Gasteiger partial charge in [-0.1, -0.05) is 17.7 Å². The van der Waals surface area contributed by atoms with Gasteiger partial charge in [0.15, 0.2) is 0 Å². The quantitative estimate of drug-likeness (QED) is 0.750. The van der Waals surface area contributed by atoms with Crippen molar-refractivity contribution in [3.8, 4) is 11.5 Å². The molecule has 2 aromatic carbocycles. The Morgan fingerprint density at radius 2 is 1.68 bits per heavy atom. The minimum absolute atomic E-state index is 0.708.